The van der Waals surface area contributed by atoms with Crippen LogP contribution in [-0.4, -0.2) is 50.2 Å². The summed E-state index contributed by atoms with van der Waals surface area (Å²) in [5, 5.41) is 3.34. The second kappa shape index (κ2) is 6.53. The average molecular weight is 254 g/mol. The third kappa shape index (κ3) is 3.23. The Kier molecular flexibility index (Phi) is 5.01. The highest BCUT2D eigenvalue weighted by molar-refractivity contribution is 5.76. The number of ether oxygens (including phenoxy) is 1. The van der Waals surface area contributed by atoms with E-state index in [0.717, 1.165) is 32.1 Å². The quantitative estimate of drug-likeness (QED) is 0.770. The van der Waals surface area contributed by atoms with Crippen LogP contribution in [0.3, 0.4) is 0 Å². The van der Waals surface area contributed by atoms with E-state index >= 15 is 0 Å². The van der Waals surface area contributed by atoms with Crippen molar-refractivity contribution in [2.24, 2.45) is 11.8 Å². The Labute approximate surface area is 110 Å². The summed E-state index contributed by atoms with van der Waals surface area (Å²) in [6, 6.07) is -0.0140. The van der Waals surface area contributed by atoms with Crippen molar-refractivity contribution in [3.05, 3.63) is 0 Å². The van der Waals surface area contributed by atoms with E-state index in [-0.39, 0.29) is 12.0 Å². The standard InChI is InChI=1S/C14H26N2O2/c1-11-4-3-5-12(10-11)13(14(17)18-2)16-8-6-15-7-9-16/h11-13,15H,3-10H2,1-2H3. The van der Waals surface area contributed by atoms with E-state index in [2.05, 4.69) is 17.1 Å². The third-order valence-corrected chi connectivity index (χ3v) is 4.41. The summed E-state index contributed by atoms with van der Waals surface area (Å²) < 4.78 is 5.05. The minimum atomic E-state index is -0.0315. The molecule has 0 aromatic heterocycles. The first-order valence-corrected chi connectivity index (χ1v) is 7.25. The molecular weight excluding hydrogens is 228 g/mol. The minimum absolute atomic E-state index is 0.0140. The Bertz CT molecular complexity index is 277. The maximum absolute atomic E-state index is 12.1. The van der Waals surface area contributed by atoms with Crippen LogP contribution in [0, 0.1) is 11.8 Å². The molecular formula is C14H26N2O2. The van der Waals surface area contributed by atoms with Gasteiger partial charge in [-0.1, -0.05) is 19.8 Å². The van der Waals surface area contributed by atoms with Gasteiger partial charge in [-0.05, 0) is 24.7 Å². The maximum Gasteiger partial charge on any atom is 0.323 e. The fourth-order valence-electron chi connectivity index (χ4n) is 3.49. The number of carbonyl (C=O) groups is 1. The van der Waals surface area contributed by atoms with Gasteiger partial charge in [-0.3, -0.25) is 9.69 Å². The fourth-order valence-corrected chi connectivity index (χ4v) is 3.49. The normalized spacial score (nSPS) is 31.9. The van der Waals surface area contributed by atoms with Crippen molar-refractivity contribution in [1.29, 1.82) is 0 Å². The molecule has 0 spiro atoms. The Morgan fingerprint density at radius 1 is 1.33 bits per heavy atom. The van der Waals surface area contributed by atoms with Crippen molar-refractivity contribution in [3.63, 3.8) is 0 Å². The molecule has 2 fully saturated rings. The summed E-state index contributed by atoms with van der Waals surface area (Å²) in [4.78, 5) is 14.5. The Morgan fingerprint density at radius 2 is 2.06 bits per heavy atom. The van der Waals surface area contributed by atoms with Crippen LogP contribution in [0.25, 0.3) is 0 Å². The number of piperazine rings is 1. The second-order valence-electron chi connectivity index (χ2n) is 5.79. The number of rotatable bonds is 3. The monoisotopic (exact) mass is 254 g/mol. The molecule has 0 aromatic rings. The molecule has 4 nitrogen and oxygen atoms in total. The lowest BCUT2D eigenvalue weighted by Crippen LogP contribution is -2.54. The number of carbonyl (C=O) groups excluding carboxylic acids is 1. The van der Waals surface area contributed by atoms with Crippen LogP contribution in [0.2, 0.25) is 0 Å². The molecule has 18 heavy (non-hydrogen) atoms. The number of nitrogens with zero attached hydrogens (tertiary/aromatic N) is 1. The molecule has 0 aromatic carbocycles. The van der Waals surface area contributed by atoms with E-state index in [1.165, 1.54) is 32.8 Å². The van der Waals surface area contributed by atoms with Crippen molar-refractivity contribution in [3.8, 4) is 0 Å². The highest BCUT2D eigenvalue weighted by Crippen LogP contribution is 2.33. The summed E-state index contributed by atoms with van der Waals surface area (Å²) in [7, 11) is 1.52. The van der Waals surface area contributed by atoms with Crippen molar-refractivity contribution in [2.75, 3.05) is 33.3 Å². The molecule has 0 amide bonds. The van der Waals surface area contributed by atoms with Crippen molar-refractivity contribution in [1.82, 2.24) is 10.2 Å². The third-order valence-electron chi connectivity index (χ3n) is 4.41. The topological polar surface area (TPSA) is 41.6 Å². The van der Waals surface area contributed by atoms with E-state index in [0.29, 0.717) is 5.92 Å². The van der Waals surface area contributed by atoms with Gasteiger partial charge in [-0.2, -0.15) is 0 Å². The molecule has 0 radical (unpaired) electrons. The van der Waals surface area contributed by atoms with Crippen molar-refractivity contribution in [2.45, 2.75) is 38.6 Å². The van der Waals surface area contributed by atoms with Crippen LogP contribution in [0.5, 0.6) is 0 Å². The van der Waals surface area contributed by atoms with Gasteiger partial charge in [0.15, 0.2) is 0 Å². The molecule has 3 unspecified atom stereocenters. The molecule has 104 valence electrons. The number of nitrogens with one attached hydrogen (secondary N) is 1. The molecule has 1 aliphatic carbocycles. The Hall–Kier alpha value is -0.610. The Morgan fingerprint density at radius 3 is 2.67 bits per heavy atom. The predicted octanol–water partition coefficient (Wildman–Crippen LogP) is 1.26. The van der Waals surface area contributed by atoms with Gasteiger partial charge in [0.05, 0.1) is 7.11 Å². The second-order valence-corrected chi connectivity index (χ2v) is 5.79. The zero-order chi connectivity index (χ0) is 13.0. The minimum Gasteiger partial charge on any atom is -0.468 e. The molecule has 3 atom stereocenters. The molecule has 1 saturated heterocycles. The van der Waals surface area contributed by atoms with Crippen LogP contribution in [0.15, 0.2) is 0 Å². The first kappa shape index (κ1) is 13.8. The summed E-state index contributed by atoms with van der Waals surface area (Å²) in [6.07, 6.45) is 4.91. The molecule has 2 rings (SSSR count). The predicted molar refractivity (Wildman–Crippen MR) is 71.4 cm³/mol. The fraction of sp³-hybridized carbons (Fsp3) is 0.929. The number of hydrogen-bond donors (Lipinski definition) is 1. The zero-order valence-electron chi connectivity index (χ0n) is 11.7. The molecule has 1 heterocycles. The summed E-state index contributed by atoms with van der Waals surface area (Å²) in [6.45, 7) is 6.19. The summed E-state index contributed by atoms with van der Waals surface area (Å²) in [5.41, 5.74) is 0. The van der Waals surface area contributed by atoms with Gasteiger partial charge >= 0.3 is 5.97 Å². The molecule has 1 N–H and O–H groups in total. The van der Waals surface area contributed by atoms with E-state index in [1.807, 2.05) is 0 Å². The molecule has 1 saturated carbocycles. The van der Waals surface area contributed by atoms with E-state index in [4.69, 9.17) is 4.74 Å². The lowest BCUT2D eigenvalue weighted by atomic mass is 9.78. The maximum atomic E-state index is 12.1. The van der Waals surface area contributed by atoms with Crippen LogP contribution in [0.1, 0.15) is 32.6 Å². The van der Waals surface area contributed by atoms with Gasteiger partial charge < -0.3 is 10.1 Å². The molecule has 2 aliphatic rings. The van der Waals surface area contributed by atoms with Gasteiger partial charge in [0.25, 0.3) is 0 Å². The smallest absolute Gasteiger partial charge is 0.323 e. The van der Waals surface area contributed by atoms with E-state index < -0.39 is 0 Å². The van der Waals surface area contributed by atoms with Crippen LogP contribution >= 0.6 is 0 Å². The van der Waals surface area contributed by atoms with E-state index in [1.54, 1.807) is 0 Å². The molecule has 4 heteroatoms. The highest BCUT2D eigenvalue weighted by atomic mass is 16.5. The molecule has 0 bridgehead atoms. The highest BCUT2D eigenvalue weighted by Gasteiger charge is 2.36. The molecule has 1 aliphatic heterocycles. The van der Waals surface area contributed by atoms with Gasteiger partial charge in [0, 0.05) is 26.2 Å². The van der Waals surface area contributed by atoms with Gasteiger partial charge in [0.2, 0.25) is 0 Å². The van der Waals surface area contributed by atoms with Gasteiger partial charge in [0.1, 0.15) is 6.04 Å². The van der Waals surface area contributed by atoms with E-state index in [9.17, 15) is 4.79 Å². The SMILES string of the molecule is COC(=O)C(C1CCCC(C)C1)N1CCNCC1. The van der Waals surface area contributed by atoms with Crippen LogP contribution in [0.4, 0.5) is 0 Å². The number of methoxy groups -OCH3 is 1. The first-order valence-electron chi connectivity index (χ1n) is 7.25. The lowest BCUT2D eigenvalue weighted by Gasteiger charge is -2.40. The number of hydrogen-bond acceptors (Lipinski definition) is 4. The largest absolute Gasteiger partial charge is 0.468 e. The zero-order valence-corrected chi connectivity index (χ0v) is 11.7. The van der Waals surface area contributed by atoms with Crippen molar-refractivity contribution < 1.29 is 9.53 Å². The van der Waals surface area contributed by atoms with Gasteiger partial charge in [-0.15, -0.1) is 0 Å². The Balaban J connectivity index is 2.05. The average Bonchev–Trinajstić information content (AvgIpc) is 2.40. The first-order chi connectivity index (χ1) is 8.72. The van der Waals surface area contributed by atoms with Crippen molar-refractivity contribution >= 4 is 5.97 Å². The summed E-state index contributed by atoms with van der Waals surface area (Å²) >= 11 is 0. The lowest BCUT2D eigenvalue weighted by molar-refractivity contribution is -0.150. The van der Waals surface area contributed by atoms with Gasteiger partial charge in [-0.25, -0.2) is 0 Å². The van der Waals surface area contributed by atoms with Crippen LogP contribution in [-0.2, 0) is 9.53 Å². The van der Waals surface area contributed by atoms with Crippen LogP contribution < -0.4 is 5.32 Å². The number of esters is 1. The summed E-state index contributed by atoms with van der Waals surface area (Å²) in [5.74, 6) is 1.20.